The Kier molecular flexibility index (Phi) is 3.08. The molecular formula is C11H12F2N2O3. The monoisotopic (exact) mass is 258 g/mol. The molecule has 1 aliphatic heterocycles. The zero-order valence-corrected chi connectivity index (χ0v) is 9.57. The first-order valence-electron chi connectivity index (χ1n) is 5.37. The van der Waals surface area contributed by atoms with Crippen molar-refractivity contribution in [2.24, 2.45) is 5.73 Å². The molecule has 0 saturated heterocycles. The van der Waals surface area contributed by atoms with Crippen LogP contribution in [0.15, 0.2) is 18.2 Å². The quantitative estimate of drug-likeness (QED) is 0.865. The Labute approximate surface area is 102 Å². The zero-order chi connectivity index (χ0) is 13.3. The molecule has 18 heavy (non-hydrogen) atoms. The molecule has 7 heteroatoms. The van der Waals surface area contributed by atoms with Gasteiger partial charge in [0.2, 0.25) is 5.91 Å². The Bertz CT molecular complexity index is 479. The standard InChI is InChI=1S/C11H12F2N2O3/c1-2-7(14)10(16)15-6-3-4-8-9(5-6)18-11(12,13)17-8/h3-5,7H,2,14H2,1H3,(H,15,16)/t7-/m0/s1. The highest BCUT2D eigenvalue weighted by atomic mass is 19.3. The molecule has 1 heterocycles. The lowest BCUT2D eigenvalue weighted by Gasteiger charge is -2.10. The van der Waals surface area contributed by atoms with Gasteiger partial charge in [0.15, 0.2) is 11.5 Å². The Morgan fingerprint density at radius 3 is 2.78 bits per heavy atom. The molecule has 2 rings (SSSR count). The highest BCUT2D eigenvalue weighted by Gasteiger charge is 2.43. The number of anilines is 1. The van der Waals surface area contributed by atoms with Crippen LogP contribution in [0.3, 0.4) is 0 Å². The minimum atomic E-state index is -3.66. The van der Waals surface area contributed by atoms with Crippen LogP contribution in [-0.4, -0.2) is 18.2 Å². The van der Waals surface area contributed by atoms with E-state index in [1.54, 1.807) is 6.92 Å². The molecule has 0 radical (unpaired) electrons. The molecule has 0 unspecified atom stereocenters. The second kappa shape index (κ2) is 4.41. The third-order valence-corrected chi connectivity index (χ3v) is 2.45. The van der Waals surface area contributed by atoms with Gasteiger partial charge in [-0.2, -0.15) is 0 Å². The van der Waals surface area contributed by atoms with Crippen molar-refractivity contribution in [2.45, 2.75) is 25.7 Å². The molecule has 1 aliphatic rings. The summed E-state index contributed by atoms with van der Waals surface area (Å²) in [5.41, 5.74) is 5.86. The van der Waals surface area contributed by atoms with E-state index in [1.807, 2.05) is 0 Å². The van der Waals surface area contributed by atoms with E-state index < -0.39 is 12.3 Å². The summed E-state index contributed by atoms with van der Waals surface area (Å²) in [5.74, 6) is -0.580. The van der Waals surface area contributed by atoms with Gasteiger partial charge in [0, 0.05) is 11.8 Å². The van der Waals surface area contributed by atoms with Crippen LogP contribution in [0.5, 0.6) is 11.5 Å². The summed E-state index contributed by atoms with van der Waals surface area (Å²) >= 11 is 0. The second-order valence-corrected chi connectivity index (χ2v) is 3.83. The number of ether oxygens (including phenoxy) is 2. The van der Waals surface area contributed by atoms with E-state index in [2.05, 4.69) is 14.8 Å². The SMILES string of the molecule is CC[C@H](N)C(=O)Nc1ccc2c(c1)OC(F)(F)O2. The van der Waals surface area contributed by atoms with Crippen molar-refractivity contribution in [1.29, 1.82) is 0 Å². The lowest BCUT2D eigenvalue weighted by molar-refractivity contribution is -0.286. The van der Waals surface area contributed by atoms with Crippen LogP contribution < -0.4 is 20.5 Å². The van der Waals surface area contributed by atoms with Gasteiger partial charge in [0.1, 0.15) is 0 Å². The molecule has 1 aromatic rings. The Hall–Kier alpha value is -1.89. The molecule has 0 aliphatic carbocycles. The molecule has 1 aromatic carbocycles. The topological polar surface area (TPSA) is 73.6 Å². The van der Waals surface area contributed by atoms with Crippen LogP contribution in [0.2, 0.25) is 0 Å². The number of hydrogen-bond acceptors (Lipinski definition) is 4. The first-order chi connectivity index (χ1) is 8.41. The van der Waals surface area contributed by atoms with Crippen molar-refractivity contribution in [3.63, 3.8) is 0 Å². The summed E-state index contributed by atoms with van der Waals surface area (Å²) in [6.45, 7) is 1.77. The largest absolute Gasteiger partial charge is 0.586 e. The predicted octanol–water partition coefficient (Wildman–Crippen LogP) is 1.68. The maximum absolute atomic E-state index is 12.8. The number of carbonyl (C=O) groups is 1. The van der Waals surface area contributed by atoms with Crippen LogP contribution in [0.25, 0.3) is 0 Å². The average molecular weight is 258 g/mol. The van der Waals surface area contributed by atoms with Crippen molar-refractivity contribution in [3.05, 3.63) is 18.2 Å². The van der Waals surface area contributed by atoms with Crippen molar-refractivity contribution in [3.8, 4) is 11.5 Å². The van der Waals surface area contributed by atoms with E-state index in [0.29, 0.717) is 12.1 Å². The zero-order valence-electron chi connectivity index (χ0n) is 9.57. The van der Waals surface area contributed by atoms with Gasteiger partial charge in [-0.15, -0.1) is 8.78 Å². The summed E-state index contributed by atoms with van der Waals surface area (Å²) in [7, 11) is 0. The number of hydrogen-bond donors (Lipinski definition) is 2. The summed E-state index contributed by atoms with van der Waals surface area (Å²) in [5, 5.41) is 2.51. The number of benzene rings is 1. The number of halogens is 2. The van der Waals surface area contributed by atoms with Crippen molar-refractivity contribution in [2.75, 3.05) is 5.32 Å². The summed E-state index contributed by atoms with van der Waals surface area (Å²) in [6.07, 6.45) is -3.18. The lowest BCUT2D eigenvalue weighted by atomic mass is 10.2. The smallest absolute Gasteiger partial charge is 0.395 e. The number of carbonyl (C=O) groups excluding carboxylic acids is 1. The predicted molar refractivity (Wildman–Crippen MR) is 59.5 cm³/mol. The third kappa shape index (κ3) is 2.51. The van der Waals surface area contributed by atoms with E-state index in [1.165, 1.54) is 18.2 Å². The van der Waals surface area contributed by atoms with E-state index in [4.69, 9.17) is 5.73 Å². The van der Waals surface area contributed by atoms with E-state index in [0.717, 1.165) is 0 Å². The first-order valence-corrected chi connectivity index (χ1v) is 5.37. The third-order valence-electron chi connectivity index (χ3n) is 2.45. The first kappa shape index (κ1) is 12.6. The van der Waals surface area contributed by atoms with Crippen LogP contribution in [0, 0.1) is 0 Å². The van der Waals surface area contributed by atoms with Crippen LogP contribution >= 0.6 is 0 Å². The second-order valence-electron chi connectivity index (χ2n) is 3.83. The molecule has 98 valence electrons. The number of amides is 1. The molecular weight excluding hydrogens is 246 g/mol. The van der Waals surface area contributed by atoms with E-state index in [-0.39, 0.29) is 17.4 Å². The average Bonchev–Trinajstić information content (AvgIpc) is 2.61. The van der Waals surface area contributed by atoms with E-state index >= 15 is 0 Å². The Morgan fingerprint density at radius 1 is 1.44 bits per heavy atom. The minimum absolute atomic E-state index is 0.0715. The number of rotatable bonds is 3. The van der Waals surface area contributed by atoms with Gasteiger partial charge in [-0.1, -0.05) is 6.92 Å². The number of fused-ring (bicyclic) bond motifs is 1. The van der Waals surface area contributed by atoms with E-state index in [9.17, 15) is 13.6 Å². The maximum Gasteiger partial charge on any atom is 0.586 e. The van der Waals surface area contributed by atoms with Crippen molar-refractivity contribution < 1.29 is 23.0 Å². The number of alkyl halides is 2. The summed E-state index contributed by atoms with van der Waals surface area (Å²) < 4.78 is 34.0. The molecule has 5 nitrogen and oxygen atoms in total. The molecule has 0 fully saturated rings. The normalized spacial score (nSPS) is 17.3. The fourth-order valence-electron chi connectivity index (χ4n) is 1.45. The molecule has 0 spiro atoms. The van der Waals surface area contributed by atoms with Crippen molar-refractivity contribution >= 4 is 11.6 Å². The fourth-order valence-corrected chi connectivity index (χ4v) is 1.45. The van der Waals surface area contributed by atoms with Crippen LogP contribution in [0.1, 0.15) is 13.3 Å². The van der Waals surface area contributed by atoms with Gasteiger partial charge < -0.3 is 20.5 Å². The van der Waals surface area contributed by atoms with Gasteiger partial charge in [-0.3, -0.25) is 4.79 Å². The Balaban J connectivity index is 2.12. The number of nitrogens with two attached hydrogens (primary N) is 1. The highest BCUT2D eigenvalue weighted by Crippen LogP contribution is 2.42. The number of nitrogens with one attached hydrogen (secondary N) is 1. The molecule has 1 atom stereocenters. The van der Waals surface area contributed by atoms with Crippen molar-refractivity contribution in [1.82, 2.24) is 0 Å². The molecule has 0 saturated carbocycles. The minimum Gasteiger partial charge on any atom is -0.395 e. The molecule has 3 N–H and O–H groups in total. The summed E-state index contributed by atoms with van der Waals surface area (Å²) in [6, 6.07) is 3.35. The molecule has 0 aromatic heterocycles. The highest BCUT2D eigenvalue weighted by molar-refractivity contribution is 5.94. The maximum atomic E-state index is 12.8. The van der Waals surface area contributed by atoms with Gasteiger partial charge in [-0.05, 0) is 18.6 Å². The molecule has 0 bridgehead atoms. The van der Waals surface area contributed by atoms with Crippen LogP contribution in [-0.2, 0) is 4.79 Å². The van der Waals surface area contributed by atoms with Gasteiger partial charge in [0.25, 0.3) is 0 Å². The van der Waals surface area contributed by atoms with Gasteiger partial charge in [0.05, 0.1) is 6.04 Å². The molecule has 1 amide bonds. The summed E-state index contributed by atoms with van der Waals surface area (Å²) in [4.78, 5) is 11.5. The Morgan fingerprint density at radius 2 is 2.11 bits per heavy atom. The van der Waals surface area contributed by atoms with Crippen LogP contribution in [0.4, 0.5) is 14.5 Å². The fraction of sp³-hybridized carbons (Fsp3) is 0.364. The van der Waals surface area contributed by atoms with Gasteiger partial charge >= 0.3 is 6.29 Å². The lowest BCUT2D eigenvalue weighted by Crippen LogP contribution is -2.34. The van der Waals surface area contributed by atoms with Gasteiger partial charge in [-0.25, -0.2) is 0 Å².